The van der Waals surface area contributed by atoms with Crippen LogP contribution in [0.1, 0.15) is 16.5 Å². The Labute approximate surface area is 120 Å². The lowest BCUT2D eigenvalue weighted by atomic mass is 10.1. The highest BCUT2D eigenvalue weighted by molar-refractivity contribution is 9.10. The first-order valence-electron chi connectivity index (χ1n) is 4.53. The Hall–Kier alpha value is 0.130. The summed E-state index contributed by atoms with van der Waals surface area (Å²) in [5, 5.41) is 0. The van der Waals surface area contributed by atoms with Crippen LogP contribution in [0.4, 0.5) is 0 Å². The van der Waals surface area contributed by atoms with Gasteiger partial charge < -0.3 is 5.73 Å². The van der Waals surface area contributed by atoms with Crippen molar-refractivity contribution in [2.45, 2.75) is 6.04 Å². The van der Waals surface area contributed by atoms with Crippen LogP contribution in [0.2, 0.25) is 4.34 Å². The molecule has 0 aliphatic rings. The summed E-state index contributed by atoms with van der Waals surface area (Å²) in [6.45, 7) is 0. The van der Waals surface area contributed by atoms with Gasteiger partial charge in [0.1, 0.15) is 4.34 Å². The molecule has 1 nitrogen and oxygen atoms in total. The van der Waals surface area contributed by atoms with E-state index >= 15 is 0 Å². The molecule has 1 atom stereocenters. The summed E-state index contributed by atoms with van der Waals surface area (Å²) < 4.78 is 2.67. The monoisotopic (exact) mass is 379 g/mol. The lowest BCUT2D eigenvalue weighted by Gasteiger charge is -2.09. The van der Waals surface area contributed by atoms with Crippen LogP contribution in [0.3, 0.4) is 0 Å². The second-order valence-electron chi connectivity index (χ2n) is 3.30. The molecule has 16 heavy (non-hydrogen) atoms. The Kier molecular flexibility index (Phi) is 4.08. The molecule has 0 bridgehead atoms. The van der Waals surface area contributed by atoms with Gasteiger partial charge in [-0.3, -0.25) is 0 Å². The molecular formula is C11H8Br2ClNS. The highest BCUT2D eigenvalue weighted by Crippen LogP contribution is 2.36. The Morgan fingerprint density at radius 2 is 2.00 bits per heavy atom. The van der Waals surface area contributed by atoms with Crippen molar-refractivity contribution < 1.29 is 0 Å². The van der Waals surface area contributed by atoms with Crippen molar-refractivity contribution in [1.82, 2.24) is 0 Å². The first-order valence-corrected chi connectivity index (χ1v) is 7.32. The highest BCUT2D eigenvalue weighted by atomic mass is 79.9. The fourth-order valence-electron chi connectivity index (χ4n) is 1.38. The predicted molar refractivity (Wildman–Crippen MR) is 77.2 cm³/mol. The van der Waals surface area contributed by atoms with E-state index in [0.29, 0.717) is 0 Å². The number of halogens is 3. The van der Waals surface area contributed by atoms with E-state index < -0.39 is 0 Å². The summed E-state index contributed by atoms with van der Waals surface area (Å²) in [5.74, 6) is 0. The minimum Gasteiger partial charge on any atom is -0.320 e. The van der Waals surface area contributed by atoms with Crippen molar-refractivity contribution in [1.29, 1.82) is 0 Å². The number of rotatable bonds is 2. The molecule has 0 spiro atoms. The van der Waals surface area contributed by atoms with Gasteiger partial charge >= 0.3 is 0 Å². The van der Waals surface area contributed by atoms with Gasteiger partial charge in [-0.1, -0.05) is 39.7 Å². The van der Waals surface area contributed by atoms with E-state index in [9.17, 15) is 0 Å². The summed E-state index contributed by atoms with van der Waals surface area (Å²) in [6.07, 6.45) is 0. The summed E-state index contributed by atoms with van der Waals surface area (Å²) in [6, 6.07) is 9.82. The summed E-state index contributed by atoms with van der Waals surface area (Å²) >= 11 is 14.3. The second-order valence-corrected chi connectivity index (χ2v) is 6.76. The zero-order valence-corrected chi connectivity index (χ0v) is 12.8. The number of nitrogens with two attached hydrogens (primary N) is 1. The molecule has 0 radical (unpaired) electrons. The van der Waals surface area contributed by atoms with Gasteiger partial charge in [0.05, 0.1) is 6.04 Å². The van der Waals surface area contributed by atoms with Gasteiger partial charge in [0.25, 0.3) is 0 Å². The number of benzene rings is 1. The van der Waals surface area contributed by atoms with Gasteiger partial charge in [0, 0.05) is 13.8 Å². The molecule has 1 aromatic heterocycles. The van der Waals surface area contributed by atoms with Crippen molar-refractivity contribution in [3.63, 3.8) is 0 Å². The largest absolute Gasteiger partial charge is 0.320 e. The second kappa shape index (κ2) is 5.19. The first-order chi connectivity index (χ1) is 7.58. The van der Waals surface area contributed by atoms with Crippen molar-refractivity contribution in [3.05, 3.63) is 54.1 Å². The smallest absolute Gasteiger partial charge is 0.107 e. The molecule has 1 heterocycles. The molecule has 2 rings (SSSR count). The third-order valence-electron chi connectivity index (χ3n) is 2.18. The molecule has 0 amide bonds. The van der Waals surface area contributed by atoms with Crippen molar-refractivity contribution in [3.8, 4) is 0 Å². The third-order valence-corrected chi connectivity index (χ3v) is 5.23. The molecule has 0 saturated heterocycles. The van der Waals surface area contributed by atoms with Gasteiger partial charge in [-0.25, -0.2) is 0 Å². The van der Waals surface area contributed by atoms with Gasteiger partial charge in [0.2, 0.25) is 0 Å². The van der Waals surface area contributed by atoms with E-state index in [0.717, 1.165) is 23.7 Å². The number of thiophene rings is 1. The predicted octanol–water partition coefficient (Wildman–Crippen LogP) is 4.97. The van der Waals surface area contributed by atoms with Crippen LogP contribution in [0.25, 0.3) is 0 Å². The molecule has 1 unspecified atom stereocenters. The van der Waals surface area contributed by atoms with Gasteiger partial charge in [0.15, 0.2) is 0 Å². The minimum atomic E-state index is -0.133. The summed E-state index contributed by atoms with van der Waals surface area (Å²) in [4.78, 5) is 1.05. The van der Waals surface area contributed by atoms with Crippen LogP contribution in [0.5, 0.6) is 0 Å². The molecular weight excluding hydrogens is 373 g/mol. The fraction of sp³-hybridized carbons (Fsp3) is 0.0909. The summed E-state index contributed by atoms with van der Waals surface area (Å²) in [5.41, 5.74) is 7.25. The standard InChI is InChI=1S/C11H8Br2ClNS/c12-7-3-1-2-6(4-7)10(15)9-5-8(13)11(14)16-9/h1-5,10H,15H2. The fourth-order valence-corrected chi connectivity index (χ4v) is 3.56. The maximum Gasteiger partial charge on any atom is 0.107 e. The maximum atomic E-state index is 6.18. The Morgan fingerprint density at radius 3 is 2.56 bits per heavy atom. The third kappa shape index (κ3) is 2.68. The van der Waals surface area contributed by atoms with E-state index in [1.54, 1.807) is 0 Å². The van der Waals surface area contributed by atoms with E-state index in [-0.39, 0.29) is 6.04 Å². The van der Waals surface area contributed by atoms with E-state index in [1.807, 2.05) is 30.3 Å². The van der Waals surface area contributed by atoms with Crippen molar-refractivity contribution in [2.75, 3.05) is 0 Å². The minimum absolute atomic E-state index is 0.133. The average Bonchev–Trinajstić information content (AvgIpc) is 2.58. The molecule has 5 heteroatoms. The van der Waals surface area contributed by atoms with Crippen LogP contribution < -0.4 is 5.73 Å². The van der Waals surface area contributed by atoms with Crippen LogP contribution in [0.15, 0.2) is 39.3 Å². The summed E-state index contributed by atoms with van der Waals surface area (Å²) in [7, 11) is 0. The maximum absolute atomic E-state index is 6.18. The Bertz CT molecular complexity index is 493. The van der Waals surface area contributed by atoms with Crippen LogP contribution in [0, 0.1) is 0 Å². The Balaban J connectivity index is 2.35. The SMILES string of the molecule is NC(c1cccc(Br)c1)c1cc(Br)c(Cl)s1. The normalized spacial score (nSPS) is 12.8. The van der Waals surface area contributed by atoms with Crippen molar-refractivity contribution >= 4 is 54.8 Å². The topological polar surface area (TPSA) is 26.0 Å². The first kappa shape index (κ1) is 12.6. The lowest BCUT2D eigenvalue weighted by molar-refractivity contribution is 0.892. The average molecular weight is 382 g/mol. The zero-order valence-electron chi connectivity index (χ0n) is 8.08. The molecule has 1 aromatic carbocycles. The van der Waals surface area contributed by atoms with Crippen LogP contribution >= 0.6 is 54.8 Å². The van der Waals surface area contributed by atoms with Crippen molar-refractivity contribution in [2.24, 2.45) is 5.73 Å². The molecule has 0 fully saturated rings. The molecule has 84 valence electrons. The molecule has 2 N–H and O–H groups in total. The quantitative estimate of drug-likeness (QED) is 0.780. The zero-order chi connectivity index (χ0) is 11.7. The van der Waals surface area contributed by atoms with E-state index in [4.69, 9.17) is 17.3 Å². The van der Waals surface area contributed by atoms with Crippen LogP contribution in [-0.2, 0) is 0 Å². The van der Waals surface area contributed by atoms with Crippen LogP contribution in [-0.4, -0.2) is 0 Å². The lowest BCUT2D eigenvalue weighted by Crippen LogP contribution is -2.09. The molecule has 2 aromatic rings. The molecule has 0 aliphatic carbocycles. The number of hydrogen-bond donors (Lipinski definition) is 1. The Morgan fingerprint density at radius 1 is 1.25 bits per heavy atom. The highest BCUT2D eigenvalue weighted by Gasteiger charge is 2.13. The van der Waals surface area contributed by atoms with Gasteiger partial charge in [-0.2, -0.15) is 0 Å². The van der Waals surface area contributed by atoms with Gasteiger partial charge in [-0.05, 0) is 39.7 Å². The van der Waals surface area contributed by atoms with Gasteiger partial charge in [-0.15, -0.1) is 11.3 Å². The van der Waals surface area contributed by atoms with E-state index in [1.165, 1.54) is 11.3 Å². The molecule has 0 saturated carbocycles. The number of hydrogen-bond acceptors (Lipinski definition) is 2. The molecule has 0 aliphatic heterocycles. The van der Waals surface area contributed by atoms with E-state index in [2.05, 4.69) is 31.9 Å².